The van der Waals surface area contributed by atoms with E-state index in [2.05, 4.69) is 0 Å². The van der Waals surface area contributed by atoms with Crippen molar-refractivity contribution in [2.24, 2.45) is 0 Å². The maximum Gasteiger partial charge on any atom is 0.357 e. The van der Waals surface area contributed by atoms with Crippen LogP contribution in [0.2, 0.25) is 0 Å². The van der Waals surface area contributed by atoms with Gasteiger partial charge in [-0.3, -0.25) is 0 Å². The largest absolute Gasteiger partial charge is 0.466 e. The second kappa shape index (κ2) is 5.03. The fourth-order valence-electron chi connectivity index (χ4n) is 3.12. The topological polar surface area (TPSA) is 72.5 Å². The van der Waals surface area contributed by atoms with Crippen molar-refractivity contribution in [3.05, 3.63) is 0 Å². The fourth-order valence-corrected chi connectivity index (χ4v) is 3.47. The van der Waals surface area contributed by atoms with Crippen LogP contribution < -0.4 is 0 Å². The normalized spacial score (nSPS) is 45.7. The van der Waals surface area contributed by atoms with Crippen LogP contribution in [0.1, 0.15) is 27.7 Å². The van der Waals surface area contributed by atoms with Crippen LogP contribution in [0.4, 0.5) is 0 Å². The second-order valence-electron chi connectivity index (χ2n) is 6.61. The minimum Gasteiger partial charge on any atom is -0.466 e. The Hall–Kier alpha value is -0.440. The zero-order valence-electron chi connectivity index (χ0n) is 13.3. The first kappa shape index (κ1) is 16.4. The van der Waals surface area contributed by atoms with Crippen LogP contribution in [0.3, 0.4) is 0 Å². The van der Waals surface area contributed by atoms with Gasteiger partial charge in [-0.05, 0) is 27.7 Å². The van der Waals surface area contributed by atoms with Gasteiger partial charge in [-0.15, -0.1) is 0 Å². The van der Waals surface area contributed by atoms with Crippen LogP contribution in [0.5, 0.6) is 0 Å². The van der Waals surface area contributed by atoms with E-state index in [9.17, 15) is 4.79 Å². The van der Waals surface area contributed by atoms with E-state index in [0.29, 0.717) is 6.61 Å². The summed E-state index contributed by atoms with van der Waals surface area (Å²) in [7, 11) is 1.25. The van der Waals surface area contributed by atoms with Gasteiger partial charge in [-0.25, -0.2) is 4.79 Å². The van der Waals surface area contributed by atoms with E-state index in [1.165, 1.54) is 7.11 Å². The zero-order chi connectivity index (χ0) is 16.3. The van der Waals surface area contributed by atoms with Crippen molar-refractivity contribution in [2.45, 2.75) is 68.7 Å². The van der Waals surface area contributed by atoms with E-state index in [1.807, 2.05) is 13.8 Å². The van der Waals surface area contributed by atoms with E-state index >= 15 is 0 Å². The van der Waals surface area contributed by atoms with Crippen LogP contribution in [0.25, 0.3) is 0 Å². The molecule has 3 rings (SSSR count). The van der Waals surface area contributed by atoms with Gasteiger partial charge in [0.25, 0.3) is 5.06 Å². The molecule has 0 aromatic heterocycles. The van der Waals surface area contributed by atoms with E-state index in [1.54, 1.807) is 13.8 Å². The van der Waals surface area contributed by atoms with Crippen molar-refractivity contribution in [3.8, 4) is 0 Å². The molecule has 0 aromatic carbocycles. The molecule has 0 bridgehead atoms. The monoisotopic (exact) mass is 336 g/mol. The molecule has 126 valence electrons. The van der Waals surface area contributed by atoms with Crippen LogP contribution >= 0.6 is 11.6 Å². The third-order valence-corrected chi connectivity index (χ3v) is 4.45. The number of hydrogen-bond donors (Lipinski definition) is 0. The first-order valence-corrected chi connectivity index (χ1v) is 7.58. The van der Waals surface area contributed by atoms with Crippen molar-refractivity contribution in [3.63, 3.8) is 0 Å². The highest BCUT2D eigenvalue weighted by Gasteiger charge is 2.68. The van der Waals surface area contributed by atoms with Gasteiger partial charge in [0.05, 0.1) is 13.7 Å². The van der Waals surface area contributed by atoms with Crippen LogP contribution in [-0.4, -0.2) is 60.7 Å². The Kier molecular flexibility index (Phi) is 3.75. The Labute approximate surface area is 134 Å². The van der Waals surface area contributed by atoms with E-state index in [-0.39, 0.29) is 0 Å². The molecular weight excluding hydrogens is 316 g/mol. The highest BCUT2D eigenvalue weighted by atomic mass is 35.5. The number of methoxy groups -OCH3 is 1. The summed E-state index contributed by atoms with van der Waals surface area (Å²) in [6.07, 6.45) is -2.33. The molecule has 0 amide bonds. The predicted octanol–water partition coefficient (Wildman–Crippen LogP) is 1.16. The lowest BCUT2D eigenvalue weighted by Gasteiger charge is -2.29. The average Bonchev–Trinajstić information content (AvgIpc) is 3.01. The molecule has 0 radical (unpaired) electrons. The number of rotatable bonds is 2. The molecule has 0 aliphatic carbocycles. The molecule has 3 aliphatic rings. The molecule has 0 saturated carbocycles. The Balaban J connectivity index is 1.88. The molecule has 5 atom stereocenters. The molecule has 3 fully saturated rings. The first-order valence-electron chi connectivity index (χ1n) is 7.20. The maximum atomic E-state index is 12.1. The van der Waals surface area contributed by atoms with Crippen molar-refractivity contribution in [2.75, 3.05) is 13.7 Å². The lowest BCUT2D eigenvalue weighted by Crippen LogP contribution is -2.46. The molecule has 22 heavy (non-hydrogen) atoms. The van der Waals surface area contributed by atoms with Gasteiger partial charge >= 0.3 is 5.97 Å². The molecule has 3 aliphatic heterocycles. The molecule has 3 heterocycles. The summed E-state index contributed by atoms with van der Waals surface area (Å²) in [6.45, 7) is 7.45. The van der Waals surface area contributed by atoms with Gasteiger partial charge in [0.15, 0.2) is 11.6 Å². The lowest BCUT2D eigenvalue weighted by molar-refractivity contribution is -0.217. The molecule has 3 saturated heterocycles. The smallest absolute Gasteiger partial charge is 0.357 e. The Morgan fingerprint density at radius 2 is 1.73 bits per heavy atom. The number of hydrogen-bond acceptors (Lipinski definition) is 7. The molecule has 8 heteroatoms. The quantitative estimate of drug-likeness (QED) is 0.553. The van der Waals surface area contributed by atoms with Gasteiger partial charge in [0, 0.05) is 0 Å². The summed E-state index contributed by atoms with van der Waals surface area (Å²) in [6, 6.07) is 0. The fraction of sp³-hybridized carbons (Fsp3) is 0.929. The number of carbonyl (C=O) groups is 1. The van der Waals surface area contributed by atoms with Crippen molar-refractivity contribution in [1.82, 2.24) is 0 Å². The predicted molar refractivity (Wildman–Crippen MR) is 74.2 cm³/mol. The highest BCUT2D eigenvalue weighted by Crippen LogP contribution is 2.48. The third kappa shape index (κ3) is 2.53. The minimum absolute atomic E-state index is 0.318. The van der Waals surface area contributed by atoms with E-state index in [0.717, 1.165) is 0 Å². The number of fused-ring (bicyclic) bond motifs is 1. The molecule has 7 nitrogen and oxygen atoms in total. The van der Waals surface area contributed by atoms with Gasteiger partial charge in [0.1, 0.15) is 24.4 Å². The summed E-state index contributed by atoms with van der Waals surface area (Å²) in [5, 5.41) is -1.76. The Morgan fingerprint density at radius 3 is 2.27 bits per heavy atom. The number of carbonyl (C=O) groups excluding carboxylic acids is 1. The third-order valence-electron chi connectivity index (χ3n) is 3.99. The van der Waals surface area contributed by atoms with Crippen LogP contribution in [0, 0.1) is 0 Å². The van der Waals surface area contributed by atoms with Crippen LogP contribution in [0.15, 0.2) is 0 Å². The Morgan fingerprint density at radius 1 is 1.05 bits per heavy atom. The molecule has 0 aromatic rings. The summed E-state index contributed by atoms with van der Waals surface area (Å²) in [5.41, 5.74) is 0. The number of halogens is 1. The first-order chi connectivity index (χ1) is 10.1. The molecular formula is C14H21ClO7. The summed E-state index contributed by atoms with van der Waals surface area (Å²) in [5.74, 6) is -2.31. The highest BCUT2D eigenvalue weighted by molar-refractivity contribution is 6.33. The molecule has 0 unspecified atom stereocenters. The maximum absolute atomic E-state index is 12.1. The minimum atomic E-state index is -1.76. The molecule has 0 N–H and O–H groups in total. The standard InChI is InChI=1S/C14H21ClO7/c1-12(2)18-6-7(19-12)8-9-10(22-13(3,4)20-9)14(15,21-8)11(16)17-5/h7-10H,6H2,1-5H3/t7-,8+,9-,10-,14+/m1/s1. The SMILES string of the molecule is COC(=O)[C@@]1(Cl)O[C@@H]([C@H]2COC(C)(C)O2)[C@H]2OC(C)(C)O[C@H]21. The number of ether oxygens (including phenoxy) is 6. The number of alkyl halides is 1. The van der Waals surface area contributed by atoms with E-state index in [4.69, 9.17) is 40.0 Å². The van der Waals surface area contributed by atoms with Gasteiger partial charge in [-0.2, -0.15) is 0 Å². The van der Waals surface area contributed by atoms with Crippen molar-refractivity contribution < 1.29 is 33.2 Å². The Bertz CT molecular complexity index is 480. The van der Waals surface area contributed by atoms with Gasteiger partial charge < -0.3 is 28.4 Å². The zero-order valence-corrected chi connectivity index (χ0v) is 14.0. The van der Waals surface area contributed by atoms with Crippen LogP contribution in [-0.2, 0) is 33.2 Å². The van der Waals surface area contributed by atoms with E-state index < -0.39 is 47.0 Å². The van der Waals surface area contributed by atoms with Crippen molar-refractivity contribution >= 4 is 17.6 Å². The summed E-state index contributed by atoms with van der Waals surface area (Å²) < 4.78 is 33.6. The number of esters is 1. The van der Waals surface area contributed by atoms with Crippen molar-refractivity contribution in [1.29, 1.82) is 0 Å². The summed E-state index contributed by atoms with van der Waals surface area (Å²) in [4.78, 5) is 12.1. The second-order valence-corrected chi connectivity index (χ2v) is 7.17. The van der Waals surface area contributed by atoms with Gasteiger partial charge in [0.2, 0.25) is 0 Å². The lowest BCUT2D eigenvalue weighted by atomic mass is 10.0. The summed E-state index contributed by atoms with van der Waals surface area (Å²) >= 11 is 6.40. The van der Waals surface area contributed by atoms with Gasteiger partial charge in [-0.1, -0.05) is 11.6 Å². The average molecular weight is 337 g/mol. The molecule has 0 spiro atoms.